The van der Waals surface area contributed by atoms with Gasteiger partial charge in [-0.25, -0.2) is 4.98 Å². The smallest absolute Gasteiger partial charge is 0.272 e. The lowest BCUT2D eigenvalue weighted by atomic mass is 10.1. The molecule has 0 unspecified atom stereocenters. The second-order valence-electron chi connectivity index (χ2n) is 5.32. The van der Waals surface area contributed by atoms with Crippen molar-refractivity contribution in [3.05, 3.63) is 57.8 Å². The van der Waals surface area contributed by atoms with Crippen LogP contribution in [0.2, 0.25) is 10.0 Å². The number of anilines is 1. The van der Waals surface area contributed by atoms with Gasteiger partial charge in [0.05, 0.1) is 11.9 Å². The van der Waals surface area contributed by atoms with E-state index in [1.807, 2.05) is 32.0 Å². The second-order valence-corrected chi connectivity index (χ2v) is 6.17. The van der Waals surface area contributed by atoms with Crippen LogP contribution in [0.5, 0.6) is 0 Å². The van der Waals surface area contributed by atoms with Crippen molar-refractivity contribution in [2.45, 2.75) is 20.3 Å². The number of pyridine rings is 1. The zero-order valence-corrected chi connectivity index (χ0v) is 15.4. The van der Waals surface area contributed by atoms with E-state index in [-0.39, 0.29) is 5.91 Å². The summed E-state index contributed by atoms with van der Waals surface area (Å²) < 4.78 is 0. The van der Waals surface area contributed by atoms with Crippen LogP contribution < -0.4 is 5.32 Å². The average molecular weight is 366 g/mol. The van der Waals surface area contributed by atoms with Gasteiger partial charge in [-0.05, 0) is 50.1 Å². The Balaban J connectivity index is 1.91. The van der Waals surface area contributed by atoms with Crippen molar-refractivity contribution in [3.63, 3.8) is 0 Å². The summed E-state index contributed by atoms with van der Waals surface area (Å²) in [5, 5.41) is 4.58. The molecule has 1 heterocycles. The standard InChI is InChI=1S/C18H21Cl2N3O/c1-3-23(4-2)18(24)17-8-7-15(12-22-17)21-10-9-13-5-6-14(19)11-16(13)20/h5-8,11-12,21H,3-4,9-10H2,1-2H3. The number of nitrogens with one attached hydrogen (secondary N) is 1. The van der Waals surface area contributed by atoms with Gasteiger partial charge in [-0.2, -0.15) is 0 Å². The number of halogens is 2. The van der Waals surface area contributed by atoms with Gasteiger partial charge in [-0.3, -0.25) is 4.79 Å². The van der Waals surface area contributed by atoms with Gasteiger partial charge >= 0.3 is 0 Å². The van der Waals surface area contributed by atoms with Crippen molar-refractivity contribution in [1.82, 2.24) is 9.88 Å². The molecule has 4 nitrogen and oxygen atoms in total. The molecular formula is C18H21Cl2N3O. The third-order valence-electron chi connectivity index (χ3n) is 3.77. The van der Waals surface area contributed by atoms with Crippen molar-refractivity contribution in [1.29, 1.82) is 0 Å². The maximum absolute atomic E-state index is 12.2. The van der Waals surface area contributed by atoms with Gasteiger partial charge in [0.1, 0.15) is 5.69 Å². The van der Waals surface area contributed by atoms with Crippen LogP contribution in [0.15, 0.2) is 36.5 Å². The predicted octanol–water partition coefficient (Wildman–Crippen LogP) is 4.53. The number of rotatable bonds is 7. The van der Waals surface area contributed by atoms with E-state index in [1.165, 1.54) is 0 Å². The molecule has 2 rings (SSSR count). The Hall–Kier alpha value is -1.78. The molecule has 0 atom stereocenters. The molecule has 0 radical (unpaired) electrons. The number of benzene rings is 1. The zero-order chi connectivity index (χ0) is 17.5. The van der Waals surface area contributed by atoms with E-state index in [2.05, 4.69) is 10.3 Å². The minimum absolute atomic E-state index is 0.0421. The fraction of sp³-hybridized carbons (Fsp3) is 0.333. The molecule has 1 aromatic carbocycles. The third kappa shape index (κ3) is 4.86. The van der Waals surface area contributed by atoms with Crippen molar-refractivity contribution >= 4 is 34.8 Å². The van der Waals surface area contributed by atoms with Crippen molar-refractivity contribution in [2.75, 3.05) is 25.0 Å². The molecule has 0 aliphatic rings. The van der Waals surface area contributed by atoms with E-state index in [4.69, 9.17) is 23.2 Å². The van der Waals surface area contributed by atoms with Gasteiger partial charge in [0.2, 0.25) is 0 Å². The second kappa shape index (κ2) is 8.90. The number of hydrogen-bond acceptors (Lipinski definition) is 3. The van der Waals surface area contributed by atoms with Gasteiger partial charge in [-0.15, -0.1) is 0 Å². The monoisotopic (exact) mass is 365 g/mol. The maximum atomic E-state index is 12.2. The summed E-state index contributed by atoms with van der Waals surface area (Å²) in [6.07, 6.45) is 2.45. The molecular weight excluding hydrogens is 345 g/mol. The zero-order valence-electron chi connectivity index (χ0n) is 13.9. The lowest BCUT2D eigenvalue weighted by Gasteiger charge is -2.18. The van der Waals surface area contributed by atoms with Crippen LogP contribution >= 0.6 is 23.2 Å². The fourth-order valence-corrected chi connectivity index (χ4v) is 2.87. The van der Waals surface area contributed by atoms with Crippen molar-refractivity contribution in [3.8, 4) is 0 Å². The van der Waals surface area contributed by atoms with Crippen LogP contribution in [0.25, 0.3) is 0 Å². The van der Waals surface area contributed by atoms with Crippen molar-refractivity contribution in [2.24, 2.45) is 0 Å². The summed E-state index contributed by atoms with van der Waals surface area (Å²) in [4.78, 5) is 18.2. The van der Waals surface area contributed by atoms with Gasteiger partial charge in [0.15, 0.2) is 0 Å². The molecule has 1 aromatic heterocycles. The molecule has 0 saturated carbocycles. The van der Waals surface area contributed by atoms with Crippen LogP contribution in [-0.2, 0) is 6.42 Å². The lowest BCUT2D eigenvalue weighted by molar-refractivity contribution is 0.0767. The van der Waals surface area contributed by atoms with E-state index in [9.17, 15) is 4.79 Å². The quantitative estimate of drug-likeness (QED) is 0.783. The fourth-order valence-electron chi connectivity index (χ4n) is 2.36. The number of nitrogens with zero attached hydrogens (tertiary/aromatic N) is 2. The van der Waals surface area contributed by atoms with Crippen LogP contribution in [0, 0.1) is 0 Å². The Morgan fingerprint density at radius 1 is 1.17 bits per heavy atom. The first-order valence-electron chi connectivity index (χ1n) is 7.98. The molecule has 2 aromatic rings. The van der Waals surface area contributed by atoms with Crippen LogP contribution in [-0.4, -0.2) is 35.4 Å². The Morgan fingerprint density at radius 3 is 2.50 bits per heavy atom. The number of aromatic nitrogens is 1. The topological polar surface area (TPSA) is 45.2 Å². The van der Waals surface area contributed by atoms with Gasteiger partial charge in [0.25, 0.3) is 5.91 Å². The maximum Gasteiger partial charge on any atom is 0.272 e. The lowest BCUT2D eigenvalue weighted by Crippen LogP contribution is -2.31. The number of carbonyl (C=O) groups excluding carboxylic acids is 1. The highest BCUT2D eigenvalue weighted by molar-refractivity contribution is 6.35. The van der Waals surface area contributed by atoms with Crippen LogP contribution in [0.1, 0.15) is 29.9 Å². The van der Waals surface area contributed by atoms with Gasteiger partial charge in [0, 0.05) is 29.7 Å². The SMILES string of the molecule is CCN(CC)C(=O)c1ccc(NCCc2ccc(Cl)cc2Cl)cn1. The van der Waals surface area contributed by atoms with Crippen molar-refractivity contribution < 1.29 is 4.79 Å². The molecule has 0 aliphatic heterocycles. The first-order chi connectivity index (χ1) is 11.5. The van der Waals surface area contributed by atoms with Crippen LogP contribution in [0.4, 0.5) is 5.69 Å². The first-order valence-corrected chi connectivity index (χ1v) is 8.73. The molecule has 128 valence electrons. The number of carbonyl (C=O) groups is 1. The summed E-state index contributed by atoms with van der Waals surface area (Å²) in [5.41, 5.74) is 2.37. The minimum Gasteiger partial charge on any atom is -0.383 e. The summed E-state index contributed by atoms with van der Waals surface area (Å²) in [7, 11) is 0. The molecule has 0 saturated heterocycles. The molecule has 1 N–H and O–H groups in total. The van der Waals surface area contributed by atoms with Crippen LogP contribution in [0.3, 0.4) is 0 Å². The van der Waals surface area contributed by atoms with E-state index in [0.29, 0.717) is 35.4 Å². The Bertz CT molecular complexity index is 685. The third-order valence-corrected chi connectivity index (χ3v) is 4.36. The van der Waals surface area contributed by atoms with E-state index in [1.54, 1.807) is 23.2 Å². The molecule has 0 bridgehead atoms. The normalized spacial score (nSPS) is 10.5. The Morgan fingerprint density at radius 2 is 1.92 bits per heavy atom. The van der Waals surface area contributed by atoms with E-state index < -0.39 is 0 Å². The predicted molar refractivity (Wildman–Crippen MR) is 100 cm³/mol. The highest BCUT2D eigenvalue weighted by Gasteiger charge is 2.13. The largest absolute Gasteiger partial charge is 0.383 e. The minimum atomic E-state index is -0.0421. The Kier molecular flexibility index (Phi) is 6.88. The highest BCUT2D eigenvalue weighted by atomic mass is 35.5. The summed E-state index contributed by atoms with van der Waals surface area (Å²) >= 11 is 12.0. The molecule has 0 aliphatic carbocycles. The molecule has 1 amide bonds. The number of hydrogen-bond donors (Lipinski definition) is 1. The summed E-state index contributed by atoms with van der Waals surface area (Å²) in [6.45, 7) is 5.99. The molecule has 6 heteroatoms. The molecule has 0 fully saturated rings. The average Bonchev–Trinajstić information content (AvgIpc) is 2.58. The molecule has 24 heavy (non-hydrogen) atoms. The highest BCUT2D eigenvalue weighted by Crippen LogP contribution is 2.21. The number of amides is 1. The first kappa shape index (κ1) is 18.6. The Labute approximate surface area is 152 Å². The van der Waals surface area contributed by atoms with E-state index in [0.717, 1.165) is 17.7 Å². The summed E-state index contributed by atoms with van der Waals surface area (Å²) in [6, 6.07) is 9.12. The van der Waals surface area contributed by atoms with E-state index >= 15 is 0 Å². The summed E-state index contributed by atoms with van der Waals surface area (Å²) in [5.74, 6) is -0.0421. The van der Waals surface area contributed by atoms with Gasteiger partial charge < -0.3 is 10.2 Å². The molecule has 0 spiro atoms. The van der Waals surface area contributed by atoms with Gasteiger partial charge in [-0.1, -0.05) is 29.3 Å².